The second kappa shape index (κ2) is 7.63. The van der Waals surface area contributed by atoms with E-state index in [0.717, 1.165) is 9.13 Å². The smallest absolute Gasteiger partial charge is 0.271 e. The Morgan fingerprint density at radius 1 is 1.12 bits per heavy atom. The Kier molecular flexibility index (Phi) is 5.32. The van der Waals surface area contributed by atoms with Gasteiger partial charge in [-0.3, -0.25) is 4.79 Å². The molecule has 3 rings (SSSR count). The predicted molar refractivity (Wildman–Crippen MR) is 103 cm³/mol. The van der Waals surface area contributed by atoms with Gasteiger partial charge in [0.2, 0.25) is 0 Å². The molecule has 0 unspecified atom stereocenters. The fraction of sp³-hybridized carbons (Fsp3) is 0. The molecule has 6 heteroatoms. The molecule has 0 spiro atoms. The maximum atomic E-state index is 11.9. The van der Waals surface area contributed by atoms with Crippen molar-refractivity contribution >= 4 is 46.3 Å². The van der Waals surface area contributed by atoms with Crippen LogP contribution in [0.25, 0.3) is 11.3 Å². The standard InChI is InChI=1S/C18H12ClIN2O2/c19-14-3-1-2-13(10-14)17-9-8-16(24-17)11-21-22-18(23)12-4-6-15(20)7-5-12/h1-11H,(H,22,23)/b21-11+. The minimum absolute atomic E-state index is 0.274. The third-order valence-electron chi connectivity index (χ3n) is 3.20. The average molecular weight is 451 g/mol. The molecule has 0 aliphatic carbocycles. The van der Waals surface area contributed by atoms with Crippen molar-refractivity contribution in [3.63, 3.8) is 0 Å². The molecule has 0 aliphatic heterocycles. The van der Waals surface area contributed by atoms with Crippen LogP contribution in [-0.2, 0) is 0 Å². The van der Waals surface area contributed by atoms with Crippen LogP contribution >= 0.6 is 34.2 Å². The van der Waals surface area contributed by atoms with Crippen LogP contribution in [0, 0.1) is 3.57 Å². The molecule has 1 aromatic heterocycles. The highest BCUT2D eigenvalue weighted by molar-refractivity contribution is 14.1. The lowest BCUT2D eigenvalue weighted by molar-refractivity contribution is 0.0955. The van der Waals surface area contributed by atoms with Crippen LogP contribution in [0.3, 0.4) is 0 Å². The second-order valence-corrected chi connectivity index (χ2v) is 6.60. The van der Waals surface area contributed by atoms with E-state index in [0.29, 0.717) is 22.1 Å². The average Bonchev–Trinajstić information content (AvgIpc) is 3.04. The van der Waals surface area contributed by atoms with Crippen molar-refractivity contribution in [2.75, 3.05) is 0 Å². The number of carbonyl (C=O) groups excluding carboxylic acids is 1. The van der Waals surface area contributed by atoms with E-state index in [1.807, 2.05) is 36.4 Å². The molecule has 0 radical (unpaired) electrons. The number of nitrogens with one attached hydrogen (secondary N) is 1. The number of hydrogen-bond donors (Lipinski definition) is 1. The highest BCUT2D eigenvalue weighted by Crippen LogP contribution is 2.24. The van der Waals surface area contributed by atoms with Crippen LogP contribution in [0.15, 0.2) is 70.2 Å². The van der Waals surface area contributed by atoms with Crippen molar-refractivity contribution in [2.45, 2.75) is 0 Å². The summed E-state index contributed by atoms with van der Waals surface area (Å²) in [6.45, 7) is 0. The Morgan fingerprint density at radius 2 is 1.92 bits per heavy atom. The van der Waals surface area contributed by atoms with Gasteiger partial charge >= 0.3 is 0 Å². The normalized spacial score (nSPS) is 10.9. The molecule has 1 heterocycles. The van der Waals surface area contributed by atoms with Gasteiger partial charge in [0.25, 0.3) is 5.91 Å². The second-order valence-electron chi connectivity index (χ2n) is 4.92. The summed E-state index contributed by atoms with van der Waals surface area (Å²) in [4.78, 5) is 11.9. The number of benzene rings is 2. The van der Waals surface area contributed by atoms with E-state index < -0.39 is 0 Å². The first-order chi connectivity index (χ1) is 11.6. The molecule has 1 N–H and O–H groups in total. The maximum Gasteiger partial charge on any atom is 0.271 e. The molecular weight excluding hydrogens is 439 g/mol. The van der Waals surface area contributed by atoms with E-state index in [1.165, 1.54) is 6.21 Å². The van der Waals surface area contributed by atoms with Gasteiger partial charge in [-0.2, -0.15) is 5.10 Å². The number of hydrazone groups is 1. The van der Waals surface area contributed by atoms with Crippen LogP contribution in [0.4, 0.5) is 0 Å². The van der Waals surface area contributed by atoms with E-state index in [9.17, 15) is 4.79 Å². The fourth-order valence-electron chi connectivity index (χ4n) is 2.04. The molecule has 4 nitrogen and oxygen atoms in total. The van der Waals surface area contributed by atoms with Gasteiger partial charge in [0.15, 0.2) is 0 Å². The fourth-order valence-corrected chi connectivity index (χ4v) is 2.59. The first kappa shape index (κ1) is 16.7. The van der Waals surface area contributed by atoms with Crippen molar-refractivity contribution in [1.82, 2.24) is 5.43 Å². The van der Waals surface area contributed by atoms with Crippen LogP contribution in [0.5, 0.6) is 0 Å². The Labute approximate surface area is 157 Å². The van der Waals surface area contributed by atoms with E-state index in [4.69, 9.17) is 16.0 Å². The first-order valence-corrected chi connectivity index (χ1v) is 8.52. The van der Waals surface area contributed by atoms with Crippen molar-refractivity contribution in [3.05, 3.63) is 80.6 Å². The Hall–Kier alpha value is -2.12. The van der Waals surface area contributed by atoms with Gasteiger partial charge in [0.05, 0.1) is 6.21 Å². The zero-order valence-electron chi connectivity index (χ0n) is 12.4. The zero-order valence-corrected chi connectivity index (χ0v) is 15.3. The van der Waals surface area contributed by atoms with Gasteiger partial charge in [-0.15, -0.1) is 0 Å². The lowest BCUT2D eigenvalue weighted by Gasteiger charge is -1.99. The number of nitrogens with zero attached hydrogens (tertiary/aromatic N) is 1. The number of hydrogen-bond acceptors (Lipinski definition) is 3. The molecule has 0 atom stereocenters. The van der Waals surface area contributed by atoms with Crippen LogP contribution < -0.4 is 5.43 Å². The molecule has 0 saturated heterocycles. The van der Waals surface area contributed by atoms with Crippen LogP contribution in [0.1, 0.15) is 16.1 Å². The highest BCUT2D eigenvalue weighted by Gasteiger charge is 2.05. The SMILES string of the molecule is O=C(N/N=C/c1ccc(-c2cccc(Cl)c2)o1)c1ccc(I)cc1. The summed E-state index contributed by atoms with van der Waals surface area (Å²) in [5.74, 6) is 0.945. The topological polar surface area (TPSA) is 54.6 Å². The minimum Gasteiger partial charge on any atom is -0.455 e. The number of furan rings is 1. The summed E-state index contributed by atoms with van der Waals surface area (Å²) in [5, 5.41) is 4.56. The van der Waals surface area contributed by atoms with Crippen molar-refractivity contribution in [1.29, 1.82) is 0 Å². The molecule has 0 fully saturated rings. The largest absolute Gasteiger partial charge is 0.455 e. The highest BCUT2D eigenvalue weighted by atomic mass is 127. The van der Waals surface area contributed by atoms with Crippen molar-refractivity contribution in [2.24, 2.45) is 5.10 Å². The number of carbonyl (C=O) groups is 1. The summed E-state index contributed by atoms with van der Waals surface area (Å²) in [5.41, 5.74) is 3.90. The van der Waals surface area contributed by atoms with Gasteiger partial charge in [-0.25, -0.2) is 5.43 Å². The third-order valence-corrected chi connectivity index (χ3v) is 4.15. The quantitative estimate of drug-likeness (QED) is 0.347. The molecule has 0 saturated carbocycles. The van der Waals surface area contributed by atoms with Gasteiger partial charge in [-0.1, -0.05) is 23.7 Å². The number of halogens is 2. The molecule has 3 aromatic rings. The van der Waals surface area contributed by atoms with Crippen LogP contribution in [-0.4, -0.2) is 12.1 Å². The summed E-state index contributed by atoms with van der Waals surface area (Å²) in [7, 11) is 0. The van der Waals surface area contributed by atoms with E-state index in [2.05, 4.69) is 33.1 Å². The van der Waals surface area contributed by atoms with E-state index >= 15 is 0 Å². The van der Waals surface area contributed by atoms with Crippen molar-refractivity contribution in [3.8, 4) is 11.3 Å². The van der Waals surface area contributed by atoms with Gasteiger partial charge in [0.1, 0.15) is 11.5 Å². The molecule has 24 heavy (non-hydrogen) atoms. The molecule has 120 valence electrons. The zero-order chi connectivity index (χ0) is 16.9. The third kappa shape index (κ3) is 4.24. The van der Waals surface area contributed by atoms with Crippen LogP contribution in [0.2, 0.25) is 5.02 Å². The number of amides is 1. The summed E-state index contributed by atoms with van der Waals surface area (Å²) >= 11 is 8.16. The Morgan fingerprint density at radius 3 is 2.67 bits per heavy atom. The van der Waals surface area contributed by atoms with E-state index in [1.54, 1.807) is 24.3 Å². The monoisotopic (exact) mass is 450 g/mol. The lowest BCUT2D eigenvalue weighted by Crippen LogP contribution is -2.17. The molecular formula is C18H12ClIN2O2. The van der Waals surface area contributed by atoms with E-state index in [-0.39, 0.29) is 5.91 Å². The predicted octanol–water partition coefficient (Wildman–Crippen LogP) is 4.97. The van der Waals surface area contributed by atoms with Crippen molar-refractivity contribution < 1.29 is 9.21 Å². The summed E-state index contributed by atoms with van der Waals surface area (Å²) in [6, 6.07) is 18.2. The van der Waals surface area contributed by atoms with Gasteiger partial charge in [0, 0.05) is 19.7 Å². The summed E-state index contributed by atoms with van der Waals surface area (Å²) in [6.07, 6.45) is 1.46. The number of rotatable bonds is 4. The van der Waals surface area contributed by atoms with Gasteiger partial charge in [-0.05, 0) is 71.1 Å². The minimum atomic E-state index is -0.274. The molecule has 0 aliphatic rings. The van der Waals surface area contributed by atoms with Gasteiger partial charge < -0.3 is 4.42 Å². The summed E-state index contributed by atoms with van der Waals surface area (Å²) < 4.78 is 6.73. The molecule has 1 amide bonds. The Bertz CT molecular complexity index is 888. The maximum absolute atomic E-state index is 11.9. The molecule has 0 bridgehead atoms. The lowest BCUT2D eigenvalue weighted by atomic mass is 10.2. The molecule has 2 aromatic carbocycles. The Balaban J connectivity index is 1.65. The first-order valence-electron chi connectivity index (χ1n) is 7.06.